The van der Waals surface area contributed by atoms with Gasteiger partial charge in [0.2, 0.25) is 0 Å². The summed E-state index contributed by atoms with van der Waals surface area (Å²) in [5, 5.41) is 11.2. The molecule has 1 aromatic carbocycles. The fourth-order valence-electron chi connectivity index (χ4n) is 4.89. The average molecular weight is 360 g/mol. The van der Waals surface area contributed by atoms with Gasteiger partial charge in [-0.05, 0) is 50.8 Å². The number of aliphatic hydroxyl groups is 1. The maximum atomic E-state index is 12.4. The van der Waals surface area contributed by atoms with Crippen molar-refractivity contribution in [2.24, 2.45) is 5.92 Å². The van der Waals surface area contributed by atoms with Crippen LogP contribution in [0, 0.1) is 5.92 Å². The molecule has 1 aliphatic carbocycles. The number of benzene rings is 1. The molecule has 1 aromatic rings. The molecular weight excluding hydrogens is 328 g/mol. The first-order valence-corrected chi connectivity index (χ1v) is 9.96. The SMILES string of the molecule is CCN(CC)c1ccc([C@H]2[C@H]3CCCC[C@@]3(O)CCN2C(=O)OC)cc1. The molecule has 1 saturated carbocycles. The monoisotopic (exact) mass is 360 g/mol. The Bertz CT molecular complexity index is 614. The number of carbonyl (C=O) groups is 1. The van der Waals surface area contributed by atoms with E-state index in [4.69, 9.17) is 4.74 Å². The van der Waals surface area contributed by atoms with Crippen LogP contribution in [0.1, 0.15) is 57.6 Å². The molecule has 3 rings (SSSR count). The summed E-state index contributed by atoms with van der Waals surface area (Å²) >= 11 is 0. The summed E-state index contributed by atoms with van der Waals surface area (Å²) in [4.78, 5) is 16.5. The number of hydrogen-bond donors (Lipinski definition) is 1. The predicted octanol–water partition coefficient (Wildman–Crippen LogP) is 3.97. The molecule has 1 heterocycles. The van der Waals surface area contributed by atoms with Crippen molar-refractivity contribution in [2.45, 2.75) is 57.6 Å². The summed E-state index contributed by atoms with van der Waals surface area (Å²) in [6.07, 6.45) is 4.30. The van der Waals surface area contributed by atoms with Crippen LogP contribution < -0.4 is 4.90 Å². The largest absolute Gasteiger partial charge is 0.453 e. The maximum absolute atomic E-state index is 12.4. The minimum atomic E-state index is -0.662. The number of piperidine rings is 1. The van der Waals surface area contributed by atoms with E-state index in [-0.39, 0.29) is 18.1 Å². The van der Waals surface area contributed by atoms with Crippen molar-refractivity contribution in [3.05, 3.63) is 29.8 Å². The van der Waals surface area contributed by atoms with Crippen LogP contribution in [0.3, 0.4) is 0 Å². The van der Waals surface area contributed by atoms with E-state index >= 15 is 0 Å². The number of rotatable bonds is 4. The van der Waals surface area contributed by atoms with Gasteiger partial charge in [0.1, 0.15) is 0 Å². The van der Waals surface area contributed by atoms with Gasteiger partial charge in [-0.2, -0.15) is 0 Å². The summed E-state index contributed by atoms with van der Waals surface area (Å²) in [5.74, 6) is 0.0726. The number of fused-ring (bicyclic) bond motifs is 1. The Morgan fingerprint density at radius 1 is 1.23 bits per heavy atom. The number of hydrogen-bond acceptors (Lipinski definition) is 4. The van der Waals surface area contributed by atoms with Gasteiger partial charge in [-0.25, -0.2) is 4.79 Å². The zero-order chi connectivity index (χ0) is 18.7. The first kappa shape index (κ1) is 19.0. The van der Waals surface area contributed by atoms with Crippen LogP contribution in [0.2, 0.25) is 0 Å². The van der Waals surface area contributed by atoms with Gasteiger partial charge in [0.15, 0.2) is 0 Å². The van der Waals surface area contributed by atoms with Crippen molar-refractivity contribution < 1.29 is 14.6 Å². The van der Waals surface area contributed by atoms with Crippen LogP contribution in [0.5, 0.6) is 0 Å². The predicted molar refractivity (Wildman–Crippen MR) is 103 cm³/mol. The van der Waals surface area contributed by atoms with E-state index in [9.17, 15) is 9.90 Å². The number of likely N-dealkylation sites (tertiary alicyclic amines) is 1. The molecule has 2 fully saturated rings. The Kier molecular flexibility index (Phi) is 5.76. The fourth-order valence-corrected chi connectivity index (χ4v) is 4.89. The molecule has 0 aromatic heterocycles. The molecule has 0 radical (unpaired) electrons. The molecule has 144 valence electrons. The van der Waals surface area contributed by atoms with Gasteiger partial charge in [0.25, 0.3) is 0 Å². The first-order chi connectivity index (χ1) is 12.5. The third-order valence-electron chi connectivity index (χ3n) is 6.34. The topological polar surface area (TPSA) is 53.0 Å². The molecule has 1 aliphatic heterocycles. The third-order valence-corrected chi connectivity index (χ3v) is 6.34. The molecule has 1 N–H and O–H groups in total. The number of nitrogens with zero attached hydrogens (tertiary/aromatic N) is 2. The lowest BCUT2D eigenvalue weighted by Gasteiger charge is -2.52. The number of ether oxygens (including phenoxy) is 1. The van der Waals surface area contributed by atoms with Crippen molar-refractivity contribution in [3.8, 4) is 0 Å². The van der Waals surface area contributed by atoms with Gasteiger partial charge in [-0.3, -0.25) is 0 Å². The Morgan fingerprint density at radius 3 is 2.54 bits per heavy atom. The summed E-state index contributed by atoms with van der Waals surface area (Å²) in [6, 6.07) is 8.39. The minimum Gasteiger partial charge on any atom is -0.453 e. The standard InChI is InChI=1S/C21H32N2O3/c1-4-22(5-2)17-11-9-16(10-12-17)19-18-8-6-7-13-21(18,25)14-15-23(19)20(24)26-3/h9-12,18-19,25H,4-8,13-15H2,1-3H3/t18-,19+,21-/m1/s1. The highest BCUT2D eigenvalue weighted by Crippen LogP contribution is 2.49. The summed E-state index contributed by atoms with van der Waals surface area (Å²) in [6.45, 7) is 6.79. The Hall–Kier alpha value is -1.75. The smallest absolute Gasteiger partial charge is 0.410 e. The van der Waals surface area contributed by atoms with Crippen LogP contribution in [0.4, 0.5) is 10.5 Å². The molecule has 26 heavy (non-hydrogen) atoms. The summed E-state index contributed by atoms with van der Waals surface area (Å²) in [5.41, 5.74) is 1.62. The van der Waals surface area contributed by atoms with Crippen molar-refractivity contribution in [1.29, 1.82) is 0 Å². The van der Waals surface area contributed by atoms with E-state index in [1.165, 1.54) is 12.8 Å². The average Bonchev–Trinajstić information content (AvgIpc) is 2.67. The van der Waals surface area contributed by atoms with Gasteiger partial charge < -0.3 is 19.6 Å². The van der Waals surface area contributed by atoms with Gasteiger partial charge in [0, 0.05) is 31.2 Å². The Morgan fingerprint density at radius 2 is 1.92 bits per heavy atom. The van der Waals surface area contributed by atoms with Gasteiger partial charge >= 0.3 is 6.09 Å². The van der Waals surface area contributed by atoms with Crippen LogP contribution in [0.15, 0.2) is 24.3 Å². The molecule has 3 atom stereocenters. The molecule has 0 bridgehead atoms. The summed E-state index contributed by atoms with van der Waals surface area (Å²) < 4.78 is 5.05. The molecule has 0 spiro atoms. The van der Waals surface area contributed by atoms with E-state index in [1.54, 1.807) is 0 Å². The lowest BCUT2D eigenvalue weighted by atomic mass is 9.66. The fraction of sp³-hybridized carbons (Fsp3) is 0.667. The molecule has 5 heteroatoms. The first-order valence-electron chi connectivity index (χ1n) is 9.96. The Labute approximate surface area is 156 Å². The van der Waals surface area contributed by atoms with Crippen molar-refractivity contribution in [3.63, 3.8) is 0 Å². The normalized spacial score (nSPS) is 28.4. The molecule has 2 aliphatic rings. The van der Waals surface area contributed by atoms with Crippen molar-refractivity contribution in [2.75, 3.05) is 31.6 Å². The van der Waals surface area contributed by atoms with Crippen LogP contribution in [-0.2, 0) is 4.74 Å². The quantitative estimate of drug-likeness (QED) is 0.883. The Balaban J connectivity index is 1.94. The zero-order valence-electron chi connectivity index (χ0n) is 16.3. The zero-order valence-corrected chi connectivity index (χ0v) is 16.3. The van der Waals surface area contributed by atoms with Crippen LogP contribution in [-0.4, -0.2) is 48.4 Å². The number of carbonyl (C=O) groups excluding carboxylic acids is 1. The van der Waals surface area contributed by atoms with Crippen LogP contribution in [0.25, 0.3) is 0 Å². The van der Waals surface area contributed by atoms with E-state index < -0.39 is 5.60 Å². The van der Waals surface area contributed by atoms with Gasteiger partial charge in [-0.15, -0.1) is 0 Å². The highest BCUT2D eigenvalue weighted by atomic mass is 16.5. The van der Waals surface area contributed by atoms with Gasteiger partial charge in [0.05, 0.1) is 18.8 Å². The molecular formula is C21H32N2O3. The van der Waals surface area contributed by atoms with E-state index in [0.29, 0.717) is 13.0 Å². The second-order valence-electron chi connectivity index (χ2n) is 7.58. The van der Waals surface area contributed by atoms with Crippen LogP contribution >= 0.6 is 0 Å². The highest BCUT2D eigenvalue weighted by molar-refractivity contribution is 5.68. The highest BCUT2D eigenvalue weighted by Gasteiger charge is 2.50. The molecule has 0 unspecified atom stereocenters. The number of anilines is 1. The molecule has 1 saturated heterocycles. The van der Waals surface area contributed by atoms with E-state index in [0.717, 1.165) is 44.3 Å². The summed E-state index contributed by atoms with van der Waals surface area (Å²) in [7, 11) is 1.44. The van der Waals surface area contributed by atoms with E-state index in [1.807, 2.05) is 4.90 Å². The third kappa shape index (κ3) is 3.41. The minimum absolute atomic E-state index is 0.0726. The van der Waals surface area contributed by atoms with Crippen molar-refractivity contribution in [1.82, 2.24) is 4.90 Å². The second kappa shape index (κ2) is 7.87. The van der Waals surface area contributed by atoms with E-state index in [2.05, 4.69) is 43.0 Å². The molecule has 1 amide bonds. The molecule has 5 nitrogen and oxygen atoms in total. The number of amides is 1. The lowest BCUT2D eigenvalue weighted by Crippen LogP contribution is -2.56. The van der Waals surface area contributed by atoms with Gasteiger partial charge in [-0.1, -0.05) is 25.0 Å². The lowest BCUT2D eigenvalue weighted by molar-refractivity contribution is -0.117. The maximum Gasteiger partial charge on any atom is 0.410 e. The number of methoxy groups -OCH3 is 1. The van der Waals surface area contributed by atoms with Crippen molar-refractivity contribution >= 4 is 11.8 Å². The second-order valence-corrected chi connectivity index (χ2v) is 7.58.